The molecule has 130 valence electrons. The normalized spacial score (nSPS) is 11.0. The van der Waals surface area contributed by atoms with Crippen LogP contribution >= 0.6 is 0 Å². The highest BCUT2D eigenvalue weighted by Crippen LogP contribution is 2.16. The predicted octanol–water partition coefficient (Wildman–Crippen LogP) is 3.19. The number of carbonyl (C=O) groups is 1. The summed E-state index contributed by atoms with van der Waals surface area (Å²) in [4.78, 5) is 24.8. The van der Waals surface area contributed by atoms with Crippen LogP contribution in [-0.2, 0) is 6.54 Å². The van der Waals surface area contributed by atoms with E-state index in [2.05, 4.69) is 10.4 Å². The van der Waals surface area contributed by atoms with Crippen molar-refractivity contribution in [1.82, 2.24) is 9.78 Å². The number of anilines is 1. The molecule has 7 nitrogen and oxygen atoms in total. The highest BCUT2D eigenvalue weighted by molar-refractivity contribution is 6.02. The third-order valence-electron chi connectivity index (χ3n) is 3.95. The lowest BCUT2D eigenvalue weighted by atomic mass is 10.1. The Morgan fingerprint density at radius 1 is 1.23 bits per heavy atom. The van der Waals surface area contributed by atoms with Gasteiger partial charge in [-0.2, -0.15) is 5.10 Å². The van der Waals surface area contributed by atoms with Crippen LogP contribution in [0.25, 0.3) is 11.0 Å². The summed E-state index contributed by atoms with van der Waals surface area (Å²) >= 11 is 0. The first-order valence-electron chi connectivity index (χ1n) is 8.00. The van der Waals surface area contributed by atoms with Crippen LogP contribution in [0.15, 0.2) is 68.6 Å². The summed E-state index contributed by atoms with van der Waals surface area (Å²) in [5.74, 6) is 0.598. The molecule has 0 aliphatic carbocycles. The minimum atomic E-state index is -0.522. The molecule has 26 heavy (non-hydrogen) atoms. The molecule has 0 aliphatic rings. The van der Waals surface area contributed by atoms with Gasteiger partial charge in [0.25, 0.3) is 5.91 Å². The van der Waals surface area contributed by atoms with Gasteiger partial charge in [-0.3, -0.25) is 9.59 Å². The number of hydrogen-bond acceptors (Lipinski definition) is 5. The van der Waals surface area contributed by atoms with Gasteiger partial charge in [0.15, 0.2) is 11.2 Å². The number of hydrogen-bond donors (Lipinski definition) is 1. The fourth-order valence-corrected chi connectivity index (χ4v) is 2.67. The van der Waals surface area contributed by atoms with Crippen LogP contribution < -0.4 is 10.7 Å². The van der Waals surface area contributed by atoms with Gasteiger partial charge in [0, 0.05) is 12.1 Å². The van der Waals surface area contributed by atoms with Gasteiger partial charge in [-0.15, -0.1) is 0 Å². The largest absolute Gasteiger partial charge is 0.467 e. The number of aromatic nitrogens is 2. The lowest BCUT2D eigenvalue weighted by Crippen LogP contribution is -2.18. The molecule has 0 aliphatic heterocycles. The molecular weight excluding hydrogens is 334 g/mol. The molecule has 3 heterocycles. The highest BCUT2D eigenvalue weighted by Gasteiger charge is 2.15. The monoisotopic (exact) mass is 349 g/mol. The van der Waals surface area contributed by atoms with Crippen molar-refractivity contribution < 1.29 is 13.6 Å². The van der Waals surface area contributed by atoms with Crippen LogP contribution in [0, 0.1) is 6.92 Å². The molecule has 0 saturated heterocycles. The number of rotatable bonds is 4. The lowest BCUT2D eigenvalue weighted by Gasteiger charge is -2.08. The molecule has 1 aromatic carbocycles. The van der Waals surface area contributed by atoms with Gasteiger partial charge in [0.05, 0.1) is 17.8 Å². The van der Waals surface area contributed by atoms with E-state index in [1.165, 1.54) is 6.07 Å². The Hall–Kier alpha value is -3.61. The number of amides is 1. The summed E-state index contributed by atoms with van der Waals surface area (Å²) < 4.78 is 12.5. The standard InChI is InChI=1S/C19H15N3O4/c1-12-4-5-14-15(23)10-17(26-16(14)9-12)19(24)21-18-6-7-20-22(18)11-13-3-2-8-25-13/h2-10H,11H2,1H3,(H,21,24). The molecule has 0 spiro atoms. The lowest BCUT2D eigenvalue weighted by molar-refractivity contribution is 0.0996. The first kappa shape index (κ1) is 15.9. The third-order valence-corrected chi connectivity index (χ3v) is 3.95. The SMILES string of the molecule is Cc1ccc2c(=O)cc(C(=O)Nc3ccnn3Cc3ccco3)oc2c1. The molecule has 3 aromatic heterocycles. The maximum Gasteiger partial charge on any atom is 0.292 e. The number of nitrogens with one attached hydrogen (secondary N) is 1. The zero-order valence-corrected chi connectivity index (χ0v) is 13.9. The van der Waals surface area contributed by atoms with Crippen molar-refractivity contribution in [3.63, 3.8) is 0 Å². The van der Waals surface area contributed by atoms with Gasteiger partial charge in [-0.1, -0.05) is 6.07 Å². The van der Waals surface area contributed by atoms with E-state index in [-0.39, 0.29) is 11.2 Å². The zero-order valence-electron chi connectivity index (χ0n) is 13.9. The van der Waals surface area contributed by atoms with E-state index in [0.29, 0.717) is 29.1 Å². The topological polar surface area (TPSA) is 90.3 Å². The molecular formula is C19H15N3O4. The van der Waals surface area contributed by atoms with Gasteiger partial charge in [-0.25, -0.2) is 4.68 Å². The average Bonchev–Trinajstić information content (AvgIpc) is 3.27. The minimum absolute atomic E-state index is 0.0566. The molecule has 1 amide bonds. The van der Waals surface area contributed by atoms with Gasteiger partial charge in [-0.05, 0) is 36.8 Å². The second-order valence-corrected chi connectivity index (χ2v) is 5.88. The molecule has 4 rings (SSSR count). The van der Waals surface area contributed by atoms with Crippen LogP contribution in [0.1, 0.15) is 21.9 Å². The first-order valence-corrected chi connectivity index (χ1v) is 8.00. The van der Waals surface area contributed by atoms with Crippen molar-refractivity contribution in [2.75, 3.05) is 5.32 Å². The van der Waals surface area contributed by atoms with Crippen LogP contribution in [0.5, 0.6) is 0 Å². The molecule has 7 heteroatoms. The van der Waals surface area contributed by atoms with Crippen molar-refractivity contribution in [2.24, 2.45) is 0 Å². The highest BCUT2D eigenvalue weighted by atomic mass is 16.3. The Labute approximate surface area is 147 Å². The summed E-state index contributed by atoms with van der Waals surface area (Å²) in [5, 5.41) is 7.32. The number of carbonyl (C=O) groups excluding carboxylic acids is 1. The Kier molecular flexibility index (Phi) is 3.89. The summed E-state index contributed by atoms with van der Waals surface area (Å²) in [5.41, 5.74) is 1.06. The van der Waals surface area contributed by atoms with Crippen molar-refractivity contribution >= 4 is 22.7 Å². The van der Waals surface area contributed by atoms with E-state index in [1.807, 2.05) is 19.1 Å². The molecule has 0 atom stereocenters. The maximum atomic E-state index is 12.5. The molecule has 0 bridgehead atoms. The van der Waals surface area contributed by atoms with E-state index in [4.69, 9.17) is 8.83 Å². The van der Waals surface area contributed by atoms with Crippen molar-refractivity contribution in [2.45, 2.75) is 13.5 Å². The van der Waals surface area contributed by atoms with E-state index >= 15 is 0 Å². The van der Waals surface area contributed by atoms with Gasteiger partial charge >= 0.3 is 0 Å². The fraction of sp³-hybridized carbons (Fsp3) is 0.105. The Bertz CT molecular complexity index is 1140. The van der Waals surface area contributed by atoms with Gasteiger partial charge in [0.1, 0.15) is 23.7 Å². The summed E-state index contributed by atoms with van der Waals surface area (Å²) in [6, 6.07) is 11.7. The third kappa shape index (κ3) is 3.02. The minimum Gasteiger partial charge on any atom is -0.467 e. The Morgan fingerprint density at radius 3 is 2.92 bits per heavy atom. The van der Waals surface area contributed by atoms with Crippen LogP contribution in [0.3, 0.4) is 0 Å². The fourth-order valence-electron chi connectivity index (χ4n) is 2.67. The molecule has 0 fully saturated rings. The predicted molar refractivity (Wildman–Crippen MR) is 95.2 cm³/mol. The molecule has 4 aromatic rings. The van der Waals surface area contributed by atoms with Crippen molar-refractivity contribution in [3.05, 3.63) is 82.2 Å². The molecule has 0 unspecified atom stereocenters. The zero-order chi connectivity index (χ0) is 18.1. The maximum absolute atomic E-state index is 12.5. The number of furan rings is 1. The van der Waals surface area contributed by atoms with E-state index in [9.17, 15) is 9.59 Å². The van der Waals surface area contributed by atoms with E-state index in [1.54, 1.807) is 41.4 Å². The number of benzene rings is 1. The second kappa shape index (κ2) is 6.36. The Balaban J connectivity index is 1.62. The Morgan fingerprint density at radius 2 is 2.12 bits per heavy atom. The molecule has 0 radical (unpaired) electrons. The quantitative estimate of drug-likeness (QED) is 0.611. The first-order chi connectivity index (χ1) is 12.6. The molecule has 1 N–H and O–H groups in total. The van der Waals surface area contributed by atoms with Crippen LogP contribution in [0.2, 0.25) is 0 Å². The van der Waals surface area contributed by atoms with Gasteiger partial charge < -0.3 is 14.2 Å². The average molecular weight is 349 g/mol. The number of aryl methyl sites for hydroxylation is 1. The summed E-state index contributed by atoms with van der Waals surface area (Å²) in [6.45, 7) is 2.26. The van der Waals surface area contributed by atoms with E-state index < -0.39 is 5.91 Å². The second-order valence-electron chi connectivity index (χ2n) is 5.88. The van der Waals surface area contributed by atoms with E-state index in [0.717, 1.165) is 5.56 Å². The number of fused-ring (bicyclic) bond motifs is 1. The smallest absolute Gasteiger partial charge is 0.292 e. The summed E-state index contributed by atoms with van der Waals surface area (Å²) in [6.07, 6.45) is 3.14. The van der Waals surface area contributed by atoms with Gasteiger partial charge in [0.2, 0.25) is 0 Å². The van der Waals surface area contributed by atoms with Crippen molar-refractivity contribution in [3.8, 4) is 0 Å². The van der Waals surface area contributed by atoms with Crippen LogP contribution in [-0.4, -0.2) is 15.7 Å². The summed E-state index contributed by atoms with van der Waals surface area (Å²) in [7, 11) is 0. The number of nitrogens with zero attached hydrogens (tertiary/aromatic N) is 2. The van der Waals surface area contributed by atoms with Crippen LogP contribution in [0.4, 0.5) is 5.82 Å². The van der Waals surface area contributed by atoms with Crippen molar-refractivity contribution in [1.29, 1.82) is 0 Å². The molecule has 0 saturated carbocycles.